The zero-order valence-electron chi connectivity index (χ0n) is 62.0. The van der Waals surface area contributed by atoms with Gasteiger partial charge in [-0.25, -0.2) is 26.3 Å². The second kappa shape index (κ2) is 51.0. The van der Waals surface area contributed by atoms with Gasteiger partial charge in [0.25, 0.3) is 0 Å². The van der Waals surface area contributed by atoms with E-state index < -0.39 is 189 Å². The number of carbonyl (C=O) groups is 6. The van der Waals surface area contributed by atoms with Crippen molar-refractivity contribution < 1.29 is 181 Å². The van der Waals surface area contributed by atoms with E-state index in [0.717, 1.165) is 51.4 Å². The molecule has 3 aliphatic heterocycles. The minimum absolute atomic E-state index is 0.106. The van der Waals surface area contributed by atoms with Crippen LogP contribution >= 0.6 is 0 Å². The van der Waals surface area contributed by atoms with Gasteiger partial charge in [-0.3, -0.25) is 37.4 Å². The van der Waals surface area contributed by atoms with Crippen molar-refractivity contribution >= 4 is 77.2 Å². The summed E-state index contributed by atoms with van der Waals surface area (Å²) in [7, 11) is -20.6. The first-order valence-corrected chi connectivity index (χ1v) is 42.5. The molecule has 0 aromatic heterocycles. The molecular formula is C64H114N4O39S4. The Labute approximate surface area is 645 Å². The average Bonchev–Trinajstić information content (AvgIpc) is 0.779. The number of carboxylic acid groups (broad SMARTS) is 2. The van der Waals surface area contributed by atoms with Crippen LogP contribution in [0.4, 0.5) is 0 Å². The van der Waals surface area contributed by atoms with Gasteiger partial charge in [0.1, 0.15) is 36.6 Å². The topological polar surface area (TPSA) is 650 Å². The van der Waals surface area contributed by atoms with Crippen LogP contribution in [0.15, 0.2) is 0 Å². The van der Waals surface area contributed by atoms with E-state index in [4.69, 9.17) is 51.7 Å². The van der Waals surface area contributed by atoms with Crippen LogP contribution < -0.4 is 21.3 Å². The number of aliphatic carboxylic acids is 2. The standard InChI is InChI=1S/C64H114N4O39S4/c1-39-42(36-41(50(75)48(39)73)37-99-108(83,84)85)101-54-52(77)56(106-110(89,90)91)63(104-58(54)60(79)80)97-32-19-11-9-17-26-65-44(69)22-13-5-3-7-15-28-67-46(71)24-34-95-30-21-31-96-35-25-47(72)68-29-16-8-4-6-14-23-45(70)66-27-18-10-12-20-33-98-64-57(107-111(92,93)94)53(78)55(59(105-64)61(81)82)103-62-40(2)49(74)51(76)43(102-62)38-100-109(86,87)88/h39-43,48-59,62-64,73-78H,3-38H2,1-2H3,(H,65,69)(H,66,70)(H,67,71)(H,68,72)(H,79,80)(H,81,82)(H,83,84,85)(H,86,87,88)(H,89,90,91)(H,92,93,94). The van der Waals surface area contributed by atoms with E-state index in [1.54, 1.807) is 0 Å². The second-order valence-electron chi connectivity index (χ2n) is 27.5. The lowest BCUT2D eigenvalue weighted by Crippen LogP contribution is -2.64. The molecule has 648 valence electrons. The molecule has 20 unspecified atom stereocenters. The number of aliphatic hydroxyl groups is 6. The van der Waals surface area contributed by atoms with Crippen LogP contribution in [0.1, 0.15) is 168 Å². The molecule has 47 heteroatoms. The van der Waals surface area contributed by atoms with Gasteiger partial charge in [-0.05, 0) is 64.2 Å². The number of nitrogens with one attached hydrogen (secondary N) is 4. The van der Waals surface area contributed by atoms with Crippen LogP contribution in [0, 0.1) is 17.8 Å². The summed E-state index contributed by atoms with van der Waals surface area (Å²) in [6.45, 7) is 3.59. The smallest absolute Gasteiger partial charge is 0.397 e. The molecule has 0 spiro atoms. The highest BCUT2D eigenvalue weighted by molar-refractivity contribution is 7.81. The highest BCUT2D eigenvalue weighted by Gasteiger charge is 2.56. The molecule has 0 bridgehead atoms. The monoisotopic (exact) mass is 1690 g/mol. The first-order valence-electron chi connectivity index (χ1n) is 37.1. The predicted octanol–water partition coefficient (Wildman–Crippen LogP) is -1.55. The van der Waals surface area contributed by atoms with Crippen molar-refractivity contribution in [2.24, 2.45) is 17.8 Å². The minimum Gasteiger partial charge on any atom is -0.479 e. The number of carboxylic acids is 2. The van der Waals surface area contributed by atoms with Gasteiger partial charge < -0.3 is 105 Å². The molecule has 4 amide bonds. The third kappa shape index (κ3) is 39.5. The lowest BCUT2D eigenvalue weighted by atomic mass is 9.76. The minimum atomic E-state index is -5.33. The third-order valence-corrected chi connectivity index (χ3v) is 20.4. The Morgan fingerprint density at radius 3 is 1.14 bits per heavy atom. The molecule has 4 rings (SSSR count). The van der Waals surface area contributed by atoms with Crippen molar-refractivity contribution in [1.29, 1.82) is 0 Å². The van der Waals surface area contributed by atoms with Crippen molar-refractivity contribution in [3.63, 3.8) is 0 Å². The molecule has 4 fully saturated rings. The third-order valence-electron chi connectivity index (χ3n) is 18.6. The van der Waals surface area contributed by atoms with Crippen molar-refractivity contribution in [3.8, 4) is 0 Å². The molecule has 0 aromatic carbocycles. The lowest BCUT2D eigenvalue weighted by molar-refractivity contribution is -0.343. The SMILES string of the molecule is CC1C(OC2C(C(=O)O)OC(OCCCCCCNC(=O)CCCCCCCNC(=O)CCOCCCOCCC(=O)NCCCCCCCC(=O)NCCCCCCOC3OC(C(=O)O)C(OC4OC(COS(=O)(=O)O)C(O)C(O)C4C)C(O)C3OS(=O)(=O)O)C(OS(=O)(=O)O)C2O)CC(COS(=O)(=O)O)C(O)C1O. The largest absolute Gasteiger partial charge is 0.479 e. The summed E-state index contributed by atoms with van der Waals surface area (Å²) in [5, 5.41) is 95.9. The quantitative estimate of drug-likeness (QED) is 0.0242. The van der Waals surface area contributed by atoms with Crippen molar-refractivity contribution in [3.05, 3.63) is 0 Å². The van der Waals surface area contributed by atoms with E-state index in [9.17, 15) is 112 Å². The van der Waals surface area contributed by atoms with E-state index in [1.165, 1.54) is 13.8 Å². The van der Waals surface area contributed by atoms with Crippen LogP contribution in [0.2, 0.25) is 0 Å². The molecule has 0 radical (unpaired) electrons. The Balaban J connectivity index is 0.907. The number of unbranched alkanes of at least 4 members (excludes halogenated alkanes) is 14. The highest BCUT2D eigenvalue weighted by atomic mass is 32.3. The Hall–Kier alpha value is -4.30. The molecule has 3 heterocycles. The fraction of sp³-hybridized carbons (Fsp3) is 0.906. The summed E-state index contributed by atoms with van der Waals surface area (Å²) in [4.78, 5) is 73.9. The molecule has 111 heavy (non-hydrogen) atoms. The predicted molar refractivity (Wildman–Crippen MR) is 377 cm³/mol. The van der Waals surface area contributed by atoms with Crippen LogP contribution in [-0.2, 0) is 130 Å². The number of hydrogen-bond acceptors (Lipinski definition) is 33. The number of amides is 4. The normalized spacial score (nSPS) is 28.8. The van der Waals surface area contributed by atoms with Gasteiger partial charge in [0.2, 0.25) is 23.6 Å². The molecule has 16 N–H and O–H groups in total. The summed E-state index contributed by atoms with van der Waals surface area (Å²) in [5.41, 5.74) is 0. The van der Waals surface area contributed by atoms with Crippen LogP contribution in [0.3, 0.4) is 0 Å². The molecular weight excluding hydrogens is 1580 g/mol. The molecule has 20 atom stereocenters. The average molecular weight is 1690 g/mol. The number of rotatable bonds is 58. The van der Waals surface area contributed by atoms with Gasteiger partial charge in [-0.15, -0.1) is 0 Å². The number of carbonyl (C=O) groups excluding carboxylic acids is 4. The zero-order chi connectivity index (χ0) is 82.5. The summed E-state index contributed by atoms with van der Waals surface area (Å²) >= 11 is 0. The first kappa shape index (κ1) is 99.1. The molecule has 0 aromatic rings. The fourth-order valence-corrected chi connectivity index (χ4v) is 14.1. The molecule has 1 saturated carbocycles. The van der Waals surface area contributed by atoms with Gasteiger partial charge in [0, 0.05) is 96.0 Å². The van der Waals surface area contributed by atoms with Gasteiger partial charge >= 0.3 is 53.5 Å². The number of hydrogen-bond donors (Lipinski definition) is 16. The van der Waals surface area contributed by atoms with E-state index in [-0.39, 0.29) is 69.3 Å². The highest BCUT2D eigenvalue weighted by Crippen LogP contribution is 2.38. The van der Waals surface area contributed by atoms with E-state index >= 15 is 0 Å². The Morgan fingerprint density at radius 1 is 0.369 bits per heavy atom. The first-order chi connectivity index (χ1) is 52.3. The van der Waals surface area contributed by atoms with Gasteiger partial charge in [0.05, 0.1) is 50.8 Å². The number of ether oxygens (including phenoxy) is 9. The molecule has 4 aliphatic rings. The number of aliphatic hydroxyl groups excluding tert-OH is 6. The molecule has 3 saturated heterocycles. The summed E-state index contributed by atoms with van der Waals surface area (Å²) in [6, 6.07) is 0. The summed E-state index contributed by atoms with van der Waals surface area (Å²) in [5.74, 6) is -7.25. The van der Waals surface area contributed by atoms with Crippen molar-refractivity contribution in [2.45, 2.75) is 272 Å². The molecule has 1 aliphatic carbocycles. The maximum Gasteiger partial charge on any atom is 0.397 e. The van der Waals surface area contributed by atoms with Crippen molar-refractivity contribution in [2.75, 3.05) is 79.0 Å². The Bertz CT molecular complexity index is 3030. The lowest BCUT2D eigenvalue weighted by Gasteiger charge is -2.46. The maximum atomic E-state index is 12.4. The van der Waals surface area contributed by atoms with E-state index in [0.29, 0.717) is 123 Å². The van der Waals surface area contributed by atoms with Crippen molar-refractivity contribution in [1.82, 2.24) is 21.3 Å². The molecule has 43 nitrogen and oxygen atoms in total. The van der Waals surface area contributed by atoms with Crippen LogP contribution in [0.25, 0.3) is 0 Å². The van der Waals surface area contributed by atoms with Gasteiger partial charge in [-0.2, -0.15) is 33.7 Å². The van der Waals surface area contributed by atoms with Gasteiger partial charge in [0.15, 0.2) is 43.3 Å². The Morgan fingerprint density at radius 2 is 0.739 bits per heavy atom. The zero-order valence-corrected chi connectivity index (χ0v) is 65.3. The Kier molecular flexibility index (Phi) is 45.5. The second-order valence-corrected chi connectivity index (χ2v) is 31.7. The summed E-state index contributed by atoms with van der Waals surface area (Å²) in [6.07, 6.45) is -18.1. The van der Waals surface area contributed by atoms with Gasteiger partial charge in [-0.1, -0.05) is 78.1 Å². The summed E-state index contributed by atoms with van der Waals surface area (Å²) < 4.78 is 196. The maximum absolute atomic E-state index is 12.4. The fourth-order valence-electron chi connectivity index (χ4n) is 12.5. The van der Waals surface area contributed by atoms with Crippen LogP contribution in [-0.4, -0.2) is 312 Å². The van der Waals surface area contributed by atoms with E-state index in [2.05, 4.69) is 38.0 Å². The van der Waals surface area contributed by atoms with E-state index in [1.807, 2.05) is 0 Å². The van der Waals surface area contributed by atoms with Crippen LogP contribution in [0.5, 0.6) is 0 Å².